The van der Waals surface area contributed by atoms with E-state index < -0.39 is 65.8 Å². The number of nitrogens with zero attached hydrogens (tertiary/aromatic N) is 4. The molecule has 1 aromatic rings. The highest BCUT2D eigenvalue weighted by Gasteiger charge is 2.55. The Morgan fingerprint density at radius 3 is 1.76 bits per heavy atom. The molecule has 6 amide bonds. The molecule has 0 saturated carbocycles. The van der Waals surface area contributed by atoms with E-state index in [0.29, 0.717) is 6.54 Å². The molecule has 0 unspecified atom stereocenters. The Kier molecular flexibility index (Phi) is 12.4. The molecular weight excluding hydrogens is 604 g/mol. The van der Waals surface area contributed by atoms with Crippen molar-refractivity contribution in [2.45, 2.75) is 57.0 Å². The molecule has 3 N–H and O–H groups in total. The monoisotopic (exact) mass is 648 g/mol. The number of hydrogen-bond donors (Lipinski definition) is 2. The number of amides is 6. The Morgan fingerprint density at radius 1 is 0.761 bits per heavy atom. The number of benzene rings is 1. The lowest BCUT2D eigenvalue weighted by atomic mass is 10.1. The lowest BCUT2D eigenvalue weighted by Gasteiger charge is -2.26. The number of carbonyl (C=O) groups excluding carboxylic acids is 6. The average Bonchev–Trinajstić information content (AvgIpc) is 3.47. The highest BCUT2D eigenvalue weighted by Crippen LogP contribution is 2.40. The molecule has 2 saturated heterocycles. The molecule has 16 nitrogen and oxygen atoms in total. The minimum Gasteiger partial charge on any atom is -0.447 e. The topological polar surface area (TPSA) is 190 Å². The minimum absolute atomic E-state index is 0.124. The van der Waals surface area contributed by atoms with Crippen molar-refractivity contribution in [3.05, 3.63) is 35.9 Å². The molecule has 2 fully saturated rings. The van der Waals surface area contributed by atoms with Crippen LogP contribution in [0.5, 0.6) is 0 Å². The van der Waals surface area contributed by atoms with Crippen molar-refractivity contribution in [2.24, 2.45) is 5.73 Å². The second-order valence-electron chi connectivity index (χ2n) is 11.9. The van der Waals surface area contributed by atoms with E-state index in [9.17, 15) is 28.8 Å². The molecular formula is C30H44N6O10. The zero-order valence-corrected chi connectivity index (χ0v) is 27.1. The number of hydrogen-bond acceptors (Lipinski definition) is 10. The number of nitrogens with two attached hydrogens (primary N) is 1. The van der Waals surface area contributed by atoms with Gasteiger partial charge in [-0.3, -0.25) is 24.0 Å². The lowest BCUT2D eigenvalue weighted by molar-refractivity contribution is -0.191. The second-order valence-corrected chi connectivity index (χ2v) is 11.9. The van der Waals surface area contributed by atoms with Gasteiger partial charge in [-0.05, 0) is 19.4 Å². The molecule has 46 heavy (non-hydrogen) atoms. The summed E-state index contributed by atoms with van der Waals surface area (Å²) in [6.07, 6.45) is -3.36. The largest absolute Gasteiger partial charge is 0.447 e. The SMILES string of the molecule is CN(CC(N)=O)C(=O)CN(C)C(=O)CN(C)C(=O)CN(C)C(=O)C[C@@H]1O[C@H](COC(=O)NCc2ccccc2)[C@H]2OC(C)(C)O[C@H]21. The van der Waals surface area contributed by atoms with Gasteiger partial charge in [0.25, 0.3) is 0 Å². The summed E-state index contributed by atoms with van der Waals surface area (Å²) in [6.45, 7) is 2.41. The summed E-state index contributed by atoms with van der Waals surface area (Å²) in [7, 11) is 5.64. The quantitative estimate of drug-likeness (QED) is 0.251. The number of rotatable bonds is 14. The molecule has 16 heteroatoms. The number of likely N-dealkylation sites (N-methyl/N-ethyl adjacent to an activating group) is 4. The fourth-order valence-electron chi connectivity index (χ4n) is 4.93. The third-order valence-corrected chi connectivity index (χ3v) is 7.49. The number of carbonyl (C=O) groups is 6. The van der Waals surface area contributed by atoms with Gasteiger partial charge in [-0.2, -0.15) is 0 Å². The van der Waals surface area contributed by atoms with E-state index in [2.05, 4.69) is 5.32 Å². The summed E-state index contributed by atoms with van der Waals surface area (Å²) in [6, 6.07) is 9.36. The Bertz CT molecular complexity index is 1280. The molecule has 254 valence electrons. The first-order valence-corrected chi connectivity index (χ1v) is 14.8. The summed E-state index contributed by atoms with van der Waals surface area (Å²) in [4.78, 5) is 78.6. The summed E-state index contributed by atoms with van der Waals surface area (Å²) in [5, 5.41) is 2.68. The van der Waals surface area contributed by atoms with Crippen LogP contribution in [0.2, 0.25) is 0 Å². The number of nitrogens with one attached hydrogen (secondary N) is 1. The van der Waals surface area contributed by atoms with Crippen LogP contribution in [0.15, 0.2) is 30.3 Å². The maximum absolute atomic E-state index is 13.1. The first-order chi connectivity index (χ1) is 21.6. The van der Waals surface area contributed by atoms with Gasteiger partial charge < -0.3 is 49.6 Å². The van der Waals surface area contributed by atoms with E-state index in [-0.39, 0.29) is 39.2 Å². The van der Waals surface area contributed by atoms with E-state index in [1.165, 1.54) is 33.1 Å². The van der Waals surface area contributed by atoms with Crippen LogP contribution in [0, 0.1) is 0 Å². The molecule has 3 rings (SSSR count). The maximum Gasteiger partial charge on any atom is 0.407 e. The van der Waals surface area contributed by atoms with Crippen LogP contribution in [0.25, 0.3) is 0 Å². The normalized spacial score (nSPS) is 21.1. The van der Waals surface area contributed by atoms with Crippen molar-refractivity contribution < 1.29 is 47.7 Å². The zero-order valence-electron chi connectivity index (χ0n) is 27.1. The first-order valence-electron chi connectivity index (χ1n) is 14.8. The van der Waals surface area contributed by atoms with Gasteiger partial charge in [0.05, 0.1) is 38.7 Å². The average molecular weight is 649 g/mol. The second kappa shape index (κ2) is 15.8. The molecule has 0 bridgehead atoms. The van der Waals surface area contributed by atoms with Crippen molar-refractivity contribution in [3.8, 4) is 0 Å². The van der Waals surface area contributed by atoms with E-state index in [0.717, 1.165) is 20.3 Å². The van der Waals surface area contributed by atoms with Gasteiger partial charge in [0, 0.05) is 34.7 Å². The van der Waals surface area contributed by atoms with Crippen LogP contribution in [-0.4, -0.2) is 146 Å². The number of fused-ring (bicyclic) bond motifs is 1. The van der Waals surface area contributed by atoms with Crippen molar-refractivity contribution in [1.82, 2.24) is 24.9 Å². The molecule has 2 aliphatic heterocycles. The molecule has 0 radical (unpaired) electrons. The predicted molar refractivity (Wildman–Crippen MR) is 161 cm³/mol. The van der Waals surface area contributed by atoms with E-state index in [1.807, 2.05) is 30.3 Å². The fourth-order valence-corrected chi connectivity index (χ4v) is 4.93. The minimum atomic E-state index is -0.944. The number of primary amides is 1. The van der Waals surface area contributed by atoms with Crippen LogP contribution >= 0.6 is 0 Å². The van der Waals surface area contributed by atoms with Crippen LogP contribution in [0.1, 0.15) is 25.8 Å². The van der Waals surface area contributed by atoms with Crippen LogP contribution < -0.4 is 11.1 Å². The Labute approximate surface area is 268 Å². The van der Waals surface area contributed by atoms with Crippen LogP contribution in [0.4, 0.5) is 4.79 Å². The van der Waals surface area contributed by atoms with E-state index in [4.69, 9.17) is 24.7 Å². The number of ether oxygens (including phenoxy) is 4. The molecule has 0 aliphatic carbocycles. The van der Waals surface area contributed by atoms with Gasteiger partial charge in [0.1, 0.15) is 24.9 Å². The third kappa shape index (κ3) is 10.4. The zero-order chi connectivity index (χ0) is 34.2. The Hall–Kier alpha value is -4.28. The lowest BCUT2D eigenvalue weighted by Crippen LogP contribution is -2.47. The highest BCUT2D eigenvalue weighted by molar-refractivity contribution is 5.90. The smallest absolute Gasteiger partial charge is 0.407 e. The molecule has 0 aromatic heterocycles. The van der Waals surface area contributed by atoms with Gasteiger partial charge in [-0.1, -0.05) is 30.3 Å². The summed E-state index contributed by atoms with van der Waals surface area (Å²) < 4.78 is 23.4. The Balaban J connectivity index is 1.48. The van der Waals surface area contributed by atoms with E-state index in [1.54, 1.807) is 13.8 Å². The van der Waals surface area contributed by atoms with Crippen molar-refractivity contribution in [1.29, 1.82) is 0 Å². The Morgan fingerprint density at radius 2 is 1.24 bits per heavy atom. The van der Waals surface area contributed by atoms with Gasteiger partial charge in [-0.25, -0.2) is 4.79 Å². The van der Waals surface area contributed by atoms with Gasteiger partial charge in [0.15, 0.2) is 5.79 Å². The summed E-state index contributed by atoms with van der Waals surface area (Å²) >= 11 is 0. The van der Waals surface area contributed by atoms with Gasteiger partial charge in [0.2, 0.25) is 29.5 Å². The standard InChI is InChI=1S/C30H44N6O10/c1-30(2)45-27-20(44-21(28(27)46-30)18-43-29(42)32-13-19-10-8-7-9-11-19)12-23(38)34(4)15-25(40)36(6)17-26(41)35(5)16-24(39)33(3)14-22(31)37/h7-11,20-21,27-28H,12-18H2,1-6H3,(H2,31,37)(H,32,42)/t20-,21+,27-,28+/m0/s1. The molecule has 1 aromatic carbocycles. The van der Waals surface area contributed by atoms with Crippen molar-refractivity contribution >= 4 is 35.6 Å². The van der Waals surface area contributed by atoms with Crippen LogP contribution in [-0.2, 0) is 49.5 Å². The molecule has 4 atom stereocenters. The molecule has 2 heterocycles. The maximum atomic E-state index is 13.1. The summed E-state index contributed by atoms with van der Waals surface area (Å²) in [5.41, 5.74) is 6.00. The molecule has 0 spiro atoms. The predicted octanol–water partition coefficient (Wildman–Crippen LogP) is -1.09. The number of alkyl carbamates (subject to hydrolysis) is 1. The van der Waals surface area contributed by atoms with Crippen LogP contribution in [0.3, 0.4) is 0 Å². The first kappa shape index (κ1) is 36.2. The third-order valence-electron chi connectivity index (χ3n) is 7.49. The van der Waals surface area contributed by atoms with Gasteiger partial charge in [-0.15, -0.1) is 0 Å². The molecule has 2 aliphatic rings. The summed E-state index contributed by atoms with van der Waals surface area (Å²) in [5.74, 6) is -3.55. The van der Waals surface area contributed by atoms with Gasteiger partial charge >= 0.3 is 6.09 Å². The van der Waals surface area contributed by atoms with E-state index >= 15 is 0 Å². The van der Waals surface area contributed by atoms with Crippen molar-refractivity contribution in [3.63, 3.8) is 0 Å². The van der Waals surface area contributed by atoms with Crippen molar-refractivity contribution in [2.75, 3.05) is 61.0 Å². The fraction of sp³-hybridized carbons (Fsp3) is 0.600. The highest BCUT2D eigenvalue weighted by atomic mass is 16.8.